The quantitative estimate of drug-likeness (QED) is 0.830. The highest BCUT2D eigenvalue weighted by Gasteiger charge is 2.27. The molecule has 2 rings (SSSR count). The van der Waals surface area contributed by atoms with Crippen LogP contribution in [-0.4, -0.2) is 17.9 Å². The summed E-state index contributed by atoms with van der Waals surface area (Å²) in [6, 6.07) is 4.60. The second-order valence-electron chi connectivity index (χ2n) is 4.58. The number of hydrogen-bond acceptors (Lipinski definition) is 2. The van der Waals surface area contributed by atoms with Crippen molar-refractivity contribution in [2.75, 3.05) is 0 Å². The molecule has 1 aliphatic rings. The van der Waals surface area contributed by atoms with E-state index in [9.17, 15) is 9.18 Å². The monoisotopic (exact) mass is 221 g/mol. The number of hydrogen-bond donors (Lipinski definition) is 1. The number of carbonyl (C=O) groups excluding carboxylic acids is 1. The van der Waals surface area contributed by atoms with Crippen LogP contribution in [0.5, 0.6) is 0 Å². The predicted molar refractivity (Wildman–Crippen MR) is 61.1 cm³/mol. The Morgan fingerprint density at radius 1 is 1.44 bits per heavy atom. The first kappa shape index (κ1) is 11.3. The lowest BCUT2D eigenvalue weighted by Gasteiger charge is -2.25. The van der Waals surface area contributed by atoms with Crippen molar-refractivity contribution in [1.29, 1.82) is 0 Å². The van der Waals surface area contributed by atoms with Gasteiger partial charge in [-0.25, -0.2) is 4.39 Å². The summed E-state index contributed by atoms with van der Waals surface area (Å²) in [5, 5.41) is 3.22. The Labute approximate surface area is 94.9 Å². The van der Waals surface area contributed by atoms with Crippen LogP contribution in [0.3, 0.4) is 0 Å². The average Bonchev–Trinajstić information content (AvgIpc) is 2.22. The molecule has 1 atom stereocenters. The minimum atomic E-state index is -0.336. The summed E-state index contributed by atoms with van der Waals surface area (Å²) in [6.07, 6.45) is 1.64. The zero-order valence-electron chi connectivity index (χ0n) is 9.59. The van der Waals surface area contributed by atoms with Crippen LogP contribution in [-0.2, 0) is 6.42 Å². The zero-order valence-corrected chi connectivity index (χ0v) is 9.59. The van der Waals surface area contributed by atoms with Crippen molar-refractivity contribution in [2.24, 2.45) is 0 Å². The molecule has 0 heterocycles. The maximum atomic E-state index is 13.1. The van der Waals surface area contributed by atoms with Gasteiger partial charge in [-0.15, -0.1) is 0 Å². The molecule has 0 fully saturated rings. The molecule has 1 N–H and O–H groups in total. The Kier molecular flexibility index (Phi) is 3.06. The number of fused-ring (bicyclic) bond motifs is 1. The predicted octanol–water partition coefficient (Wildman–Crippen LogP) is 2.32. The molecule has 1 aromatic rings. The summed E-state index contributed by atoms with van der Waals surface area (Å²) in [4.78, 5) is 12.1. The molecule has 1 unspecified atom stereocenters. The van der Waals surface area contributed by atoms with Gasteiger partial charge >= 0.3 is 0 Å². The number of halogens is 1. The SMILES string of the molecule is CC(C)NC1CCc2ccc(F)cc2C1=O. The molecule has 0 aromatic heterocycles. The topological polar surface area (TPSA) is 29.1 Å². The number of rotatable bonds is 2. The van der Waals surface area contributed by atoms with Gasteiger partial charge in [0.15, 0.2) is 5.78 Å². The van der Waals surface area contributed by atoms with Gasteiger partial charge in [-0.2, -0.15) is 0 Å². The Morgan fingerprint density at radius 3 is 2.88 bits per heavy atom. The van der Waals surface area contributed by atoms with Crippen molar-refractivity contribution < 1.29 is 9.18 Å². The van der Waals surface area contributed by atoms with Crippen molar-refractivity contribution in [3.63, 3.8) is 0 Å². The van der Waals surface area contributed by atoms with Crippen LogP contribution in [0.25, 0.3) is 0 Å². The largest absolute Gasteiger partial charge is 0.305 e. The van der Waals surface area contributed by atoms with E-state index in [1.54, 1.807) is 6.07 Å². The third kappa shape index (κ3) is 2.14. The molecule has 1 aliphatic carbocycles. The number of ketones is 1. The number of nitrogens with one attached hydrogen (secondary N) is 1. The third-order valence-corrected chi connectivity index (χ3v) is 2.89. The van der Waals surface area contributed by atoms with E-state index in [0.29, 0.717) is 5.56 Å². The van der Waals surface area contributed by atoms with Crippen LogP contribution < -0.4 is 5.32 Å². The van der Waals surface area contributed by atoms with E-state index < -0.39 is 0 Å². The van der Waals surface area contributed by atoms with E-state index in [1.165, 1.54) is 12.1 Å². The van der Waals surface area contributed by atoms with Crippen LogP contribution in [0.2, 0.25) is 0 Å². The number of benzene rings is 1. The number of carbonyl (C=O) groups is 1. The highest BCUT2D eigenvalue weighted by Crippen LogP contribution is 2.22. The zero-order chi connectivity index (χ0) is 11.7. The smallest absolute Gasteiger partial charge is 0.180 e. The van der Waals surface area contributed by atoms with Crippen molar-refractivity contribution in [3.8, 4) is 0 Å². The van der Waals surface area contributed by atoms with Gasteiger partial charge in [0.1, 0.15) is 5.82 Å². The summed E-state index contributed by atoms with van der Waals surface area (Å²) in [6.45, 7) is 4.02. The molecule has 0 radical (unpaired) electrons. The summed E-state index contributed by atoms with van der Waals surface area (Å²) in [5.41, 5.74) is 1.51. The van der Waals surface area contributed by atoms with Crippen molar-refractivity contribution in [3.05, 3.63) is 35.1 Å². The minimum Gasteiger partial charge on any atom is -0.305 e. The van der Waals surface area contributed by atoms with Gasteiger partial charge in [0.25, 0.3) is 0 Å². The van der Waals surface area contributed by atoms with Crippen LogP contribution in [0, 0.1) is 5.82 Å². The normalized spacial score (nSPS) is 20.0. The molecule has 1 aromatic carbocycles. The van der Waals surface area contributed by atoms with Gasteiger partial charge in [0.05, 0.1) is 6.04 Å². The Morgan fingerprint density at radius 2 is 2.19 bits per heavy atom. The number of aryl methyl sites for hydroxylation is 1. The van der Waals surface area contributed by atoms with Gasteiger partial charge in [-0.3, -0.25) is 4.79 Å². The average molecular weight is 221 g/mol. The van der Waals surface area contributed by atoms with E-state index in [1.807, 2.05) is 13.8 Å². The Balaban J connectivity index is 2.27. The summed E-state index contributed by atoms with van der Waals surface area (Å²) < 4.78 is 13.1. The molecule has 0 spiro atoms. The van der Waals surface area contributed by atoms with Crippen molar-refractivity contribution in [2.45, 2.75) is 38.8 Å². The van der Waals surface area contributed by atoms with Gasteiger partial charge in [0.2, 0.25) is 0 Å². The fourth-order valence-corrected chi connectivity index (χ4v) is 2.18. The molecule has 16 heavy (non-hydrogen) atoms. The second-order valence-corrected chi connectivity index (χ2v) is 4.58. The van der Waals surface area contributed by atoms with E-state index in [4.69, 9.17) is 0 Å². The van der Waals surface area contributed by atoms with E-state index in [0.717, 1.165) is 18.4 Å². The van der Waals surface area contributed by atoms with Crippen molar-refractivity contribution in [1.82, 2.24) is 5.32 Å². The highest BCUT2D eigenvalue weighted by molar-refractivity contribution is 6.02. The molecule has 0 saturated heterocycles. The van der Waals surface area contributed by atoms with Crippen LogP contribution >= 0.6 is 0 Å². The lowest BCUT2D eigenvalue weighted by molar-refractivity contribution is 0.0922. The Bertz CT molecular complexity index is 414. The standard InChI is InChI=1S/C13H16FNO/c1-8(2)15-12-6-4-9-3-5-10(14)7-11(9)13(12)16/h3,5,7-8,12,15H,4,6H2,1-2H3. The van der Waals surface area contributed by atoms with Gasteiger partial charge in [-0.05, 0) is 30.5 Å². The molecule has 0 bridgehead atoms. The van der Waals surface area contributed by atoms with Gasteiger partial charge in [-0.1, -0.05) is 19.9 Å². The molecule has 3 heteroatoms. The summed E-state index contributed by atoms with van der Waals surface area (Å²) in [7, 11) is 0. The molecule has 0 aliphatic heterocycles. The number of Topliss-reactive ketones (excluding diaryl/α,β-unsaturated/α-hetero) is 1. The summed E-state index contributed by atoms with van der Waals surface area (Å²) >= 11 is 0. The van der Waals surface area contributed by atoms with Crippen LogP contribution in [0.4, 0.5) is 4.39 Å². The fraction of sp³-hybridized carbons (Fsp3) is 0.462. The van der Waals surface area contributed by atoms with Crippen LogP contribution in [0.1, 0.15) is 36.2 Å². The first-order chi connectivity index (χ1) is 7.58. The van der Waals surface area contributed by atoms with Gasteiger partial charge < -0.3 is 5.32 Å². The summed E-state index contributed by atoms with van der Waals surface area (Å²) in [5.74, 6) is -0.313. The first-order valence-electron chi connectivity index (χ1n) is 5.66. The molecule has 0 amide bonds. The third-order valence-electron chi connectivity index (χ3n) is 2.89. The van der Waals surface area contributed by atoms with Gasteiger partial charge in [0, 0.05) is 11.6 Å². The van der Waals surface area contributed by atoms with E-state index in [2.05, 4.69) is 5.32 Å². The molecule has 0 saturated carbocycles. The Hall–Kier alpha value is -1.22. The van der Waals surface area contributed by atoms with E-state index >= 15 is 0 Å². The molecular weight excluding hydrogens is 205 g/mol. The molecule has 2 nitrogen and oxygen atoms in total. The maximum Gasteiger partial charge on any atom is 0.180 e. The molecular formula is C13H16FNO. The van der Waals surface area contributed by atoms with Crippen LogP contribution in [0.15, 0.2) is 18.2 Å². The lowest BCUT2D eigenvalue weighted by atomic mass is 9.87. The van der Waals surface area contributed by atoms with Crippen molar-refractivity contribution >= 4 is 5.78 Å². The maximum absolute atomic E-state index is 13.1. The molecule has 86 valence electrons. The first-order valence-corrected chi connectivity index (χ1v) is 5.66. The minimum absolute atomic E-state index is 0.0226. The fourth-order valence-electron chi connectivity index (χ4n) is 2.18. The lowest BCUT2D eigenvalue weighted by Crippen LogP contribution is -2.43. The highest BCUT2D eigenvalue weighted by atomic mass is 19.1. The second kappa shape index (κ2) is 4.34. The van der Waals surface area contributed by atoms with E-state index in [-0.39, 0.29) is 23.7 Å².